The Kier molecular flexibility index (Phi) is 6.49. The fourth-order valence-corrected chi connectivity index (χ4v) is 2.87. The van der Waals surface area contributed by atoms with Crippen LogP contribution in [0, 0.1) is 0 Å². The van der Waals surface area contributed by atoms with E-state index in [1.165, 1.54) is 0 Å². The minimum Gasteiger partial charge on any atom is -0.497 e. The van der Waals surface area contributed by atoms with Gasteiger partial charge in [-0.05, 0) is 43.4 Å². The molecule has 0 unspecified atom stereocenters. The van der Waals surface area contributed by atoms with Gasteiger partial charge in [0.25, 0.3) is 5.91 Å². The van der Waals surface area contributed by atoms with Crippen LogP contribution in [0.2, 0.25) is 0 Å². The molecule has 2 heterocycles. The molecule has 0 bridgehead atoms. The molecule has 0 atom stereocenters. The lowest BCUT2D eigenvalue weighted by Crippen LogP contribution is -2.44. The summed E-state index contributed by atoms with van der Waals surface area (Å²) in [4.78, 5) is 21.1. The number of likely N-dealkylation sites (N-methyl/N-ethyl adjacent to an activating group) is 1. The SMILES string of the molecule is COc1ccc(OCCNC(=O)c2ccc(N3CCN(C)CC3)cn2)cc1. The van der Waals surface area contributed by atoms with Crippen LogP contribution in [-0.4, -0.2) is 69.3 Å². The standard InChI is InChI=1S/C20H26N4O3/c1-23-10-12-24(13-11-23)16-3-8-19(22-15-16)20(25)21-9-14-27-18-6-4-17(26-2)5-7-18/h3-8,15H,9-14H2,1-2H3,(H,21,25). The summed E-state index contributed by atoms with van der Waals surface area (Å²) in [6.45, 7) is 4.83. The maximum atomic E-state index is 12.2. The number of methoxy groups -OCH3 is 1. The summed E-state index contributed by atoms with van der Waals surface area (Å²) in [7, 11) is 3.75. The van der Waals surface area contributed by atoms with Gasteiger partial charge in [0.2, 0.25) is 0 Å². The normalized spacial score (nSPS) is 14.7. The van der Waals surface area contributed by atoms with Crippen molar-refractivity contribution in [1.82, 2.24) is 15.2 Å². The Hall–Kier alpha value is -2.80. The van der Waals surface area contributed by atoms with Crippen molar-refractivity contribution >= 4 is 11.6 Å². The van der Waals surface area contributed by atoms with E-state index in [-0.39, 0.29) is 5.91 Å². The van der Waals surface area contributed by atoms with Crippen molar-refractivity contribution in [2.75, 3.05) is 58.4 Å². The molecule has 1 fully saturated rings. The Balaban J connectivity index is 1.42. The van der Waals surface area contributed by atoms with E-state index in [0.29, 0.717) is 18.8 Å². The molecule has 0 aliphatic carbocycles. The molecule has 1 amide bonds. The highest BCUT2D eigenvalue weighted by molar-refractivity contribution is 5.92. The second kappa shape index (κ2) is 9.23. The number of hydrogen-bond acceptors (Lipinski definition) is 6. The third-order valence-electron chi connectivity index (χ3n) is 4.56. The Morgan fingerprint density at radius 1 is 1.07 bits per heavy atom. The lowest BCUT2D eigenvalue weighted by Gasteiger charge is -2.33. The number of hydrogen-bond donors (Lipinski definition) is 1. The van der Waals surface area contributed by atoms with Crippen molar-refractivity contribution in [2.45, 2.75) is 0 Å². The number of benzene rings is 1. The molecule has 1 aromatic carbocycles. The highest BCUT2D eigenvalue weighted by Gasteiger charge is 2.15. The summed E-state index contributed by atoms with van der Waals surface area (Å²) < 4.78 is 10.7. The van der Waals surface area contributed by atoms with Gasteiger partial charge in [-0.2, -0.15) is 0 Å². The van der Waals surface area contributed by atoms with Crippen molar-refractivity contribution in [1.29, 1.82) is 0 Å². The Labute approximate surface area is 159 Å². The van der Waals surface area contributed by atoms with Crippen LogP contribution >= 0.6 is 0 Å². The predicted molar refractivity (Wildman–Crippen MR) is 105 cm³/mol. The van der Waals surface area contributed by atoms with Gasteiger partial charge < -0.3 is 24.6 Å². The highest BCUT2D eigenvalue weighted by atomic mass is 16.5. The van der Waals surface area contributed by atoms with Crippen LogP contribution in [0.1, 0.15) is 10.5 Å². The second-order valence-corrected chi connectivity index (χ2v) is 6.47. The van der Waals surface area contributed by atoms with Crippen molar-refractivity contribution < 1.29 is 14.3 Å². The smallest absolute Gasteiger partial charge is 0.269 e. The molecule has 0 radical (unpaired) electrons. The zero-order chi connectivity index (χ0) is 19.1. The van der Waals surface area contributed by atoms with Crippen LogP contribution in [0.5, 0.6) is 11.5 Å². The van der Waals surface area contributed by atoms with Gasteiger partial charge >= 0.3 is 0 Å². The Morgan fingerprint density at radius 3 is 2.41 bits per heavy atom. The molecule has 1 aromatic heterocycles. The minimum atomic E-state index is -0.196. The summed E-state index contributed by atoms with van der Waals surface area (Å²) in [5.41, 5.74) is 1.47. The van der Waals surface area contributed by atoms with E-state index in [2.05, 4.69) is 27.1 Å². The fraction of sp³-hybridized carbons (Fsp3) is 0.400. The molecule has 7 nitrogen and oxygen atoms in total. The number of aromatic nitrogens is 1. The van der Waals surface area contributed by atoms with E-state index in [0.717, 1.165) is 43.4 Å². The third kappa shape index (κ3) is 5.34. The van der Waals surface area contributed by atoms with Crippen LogP contribution in [-0.2, 0) is 0 Å². The average molecular weight is 370 g/mol. The number of ether oxygens (including phenoxy) is 2. The molecule has 1 saturated heterocycles. The van der Waals surface area contributed by atoms with Crippen LogP contribution in [0.4, 0.5) is 5.69 Å². The van der Waals surface area contributed by atoms with E-state index in [1.54, 1.807) is 19.4 Å². The van der Waals surface area contributed by atoms with Crippen LogP contribution < -0.4 is 19.7 Å². The van der Waals surface area contributed by atoms with Crippen LogP contribution in [0.3, 0.4) is 0 Å². The van der Waals surface area contributed by atoms with Crippen molar-refractivity contribution in [3.63, 3.8) is 0 Å². The minimum absolute atomic E-state index is 0.196. The quantitative estimate of drug-likeness (QED) is 0.748. The maximum absolute atomic E-state index is 12.2. The monoisotopic (exact) mass is 370 g/mol. The zero-order valence-corrected chi connectivity index (χ0v) is 15.9. The van der Waals surface area contributed by atoms with Crippen molar-refractivity contribution in [2.24, 2.45) is 0 Å². The van der Waals surface area contributed by atoms with Gasteiger partial charge in [0.15, 0.2) is 0 Å². The fourth-order valence-electron chi connectivity index (χ4n) is 2.87. The molecule has 1 aliphatic rings. The summed E-state index contributed by atoms with van der Waals surface area (Å²) in [5, 5.41) is 2.83. The largest absolute Gasteiger partial charge is 0.497 e. The number of pyridine rings is 1. The molecule has 144 valence electrons. The summed E-state index contributed by atoms with van der Waals surface area (Å²) in [6, 6.07) is 11.1. The van der Waals surface area contributed by atoms with E-state index in [9.17, 15) is 4.79 Å². The highest BCUT2D eigenvalue weighted by Crippen LogP contribution is 2.17. The first kappa shape index (κ1) is 19.0. The molecule has 7 heteroatoms. The molecule has 1 aliphatic heterocycles. The third-order valence-corrected chi connectivity index (χ3v) is 4.56. The molecule has 1 N–H and O–H groups in total. The first-order chi connectivity index (χ1) is 13.2. The number of anilines is 1. The van der Waals surface area contributed by atoms with Gasteiger partial charge in [0.1, 0.15) is 23.8 Å². The van der Waals surface area contributed by atoms with Gasteiger partial charge in [0.05, 0.1) is 25.5 Å². The molecular formula is C20H26N4O3. The van der Waals surface area contributed by atoms with Gasteiger partial charge in [0, 0.05) is 26.2 Å². The maximum Gasteiger partial charge on any atom is 0.269 e. The predicted octanol–water partition coefficient (Wildman–Crippen LogP) is 1.65. The molecular weight excluding hydrogens is 344 g/mol. The van der Waals surface area contributed by atoms with Gasteiger partial charge in [-0.25, -0.2) is 4.98 Å². The number of carbonyl (C=O) groups is 1. The topological polar surface area (TPSA) is 66.9 Å². The van der Waals surface area contributed by atoms with Gasteiger partial charge in [-0.1, -0.05) is 0 Å². The second-order valence-electron chi connectivity index (χ2n) is 6.47. The average Bonchev–Trinajstić information content (AvgIpc) is 2.72. The van der Waals surface area contributed by atoms with Crippen LogP contribution in [0.25, 0.3) is 0 Å². The Morgan fingerprint density at radius 2 is 1.78 bits per heavy atom. The number of amides is 1. The number of nitrogens with zero attached hydrogens (tertiary/aromatic N) is 3. The zero-order valence-electron chi connectivity index (χ0n) is 15.9. The number of piperazine rings is 1. The van der Waals surface area contributed by atoms with Gasteiger partial charge in [-0.15, -0.1) is 0 Å². The lowest BCUT2D eigenvalue weighted by molar-refractivity contribution is 0.0942. The van der Waals surface area contributed by atoms with Crippen molar-refractivity contribution in [3.8, 4) is 11.5 Å². The molecule has 27 heavy (non-hydrogen) atoms. The van der Waals surface area contributed by atoms with E-state index < -0.39 is 0 Å². The van der Waals surface area contributed by atoms with E-state index in [4.69, 9.17) is 9.47 Å². The molecule has 2 aromatic rings. The van der Waals surface area contributed by atoms with E-state index >= 15 is 0 Å². The number of rotatable bonds is 7. The van der Waals surface area contributed by atoms with Crippen molar-refractivity contribution in [3.05, 3.63) is 48.3 Å². The first-order valence-corrected chi connectivity index (χ1v) is 9.10. The van der Waals surface area contributed by atoms with E-state index in [1.807, 2.05) is 30.3 Å². The number of nitrogens with one attached hydrogen (secondary N) is 1. The van der Waals surface area contributed by atoms with Gasteiger partial charge in [-0.3, -0.25) is 4.79 Å². The Bertz CT molecular complexity index is 726. The summed E-state index contributed by atoms with van der Waals surface area (Å²) in [5.74, 6) is 1.32. The molecule has 0 saturated carbocycles. The molecule has 0 spiro atoms. The molecule has 3 rings (SSSR count). The summed E-state index contributed by atoms with van der Waals surface area (Å²) in [6.07, 6.45) is 1.77. The first-order valence-electron chi connectivity index (χ1n) is 9.10. The lowest BCUT2D eigenvalue weighted by atomic mass is 10.2. The number of carbonyl (C=O) groups excluding carboxylic acids is 1. The van der Waals surface area contributed by atoms with Crippen LogP contribution in [0.15, 0.2) is 42.6 Å². The summed E-state index contributed by atoms with van der Waals surface area (Å²) >= 11 is 0.